The number of hydrogen-bond donors (Lipinski definition) is 1. The van der Waals surface area contributed by atoms with Crippen LogP contribution >= 0.6 is 0 Å². The number of carbonyl (C=O) groups excluding carboxylic acids is 2. The fourth-order valence-electron chi connectivity index (χ4n) is 2.09. The first kappa shape index (κ1) is 16.5. The molecule has 0 aliphatic heterocycles. The van der Waals surface area contributed by atoms with Crippen LogP contribution < -0.4 is 10.1 Å². The van der Waals surface area contributed by atoms with Crippen molar-refractivity contribution in [3.63, 3.8) is 0 Å². The Balaban J connectivity index is 1.95. The van der Waals surface area contributed by atoms with Crippen molar-refractivity contribution in [2.45, 2.75) is 13.0 Å². The molecule has 1 amide bonds. The van der Waals surface area contributed by atoms with Crippen LogP contribution in [0.4, 0.5) is 0 Å². The van der Waals surface area contributed by atoms with E-state index in [1.54, 1.807) is 19.2 Å². The molecule has 2 aromatic rings. The Morgan fingerprint density at radius 1 is 1.17 bits per heavy atom. The van der Waals surface area contributed by atoms with E-state index < -0.39 is 5.97 Å². The first-order chi connectivity index (χ1) is 11.1. The number of rotatable bonds is 6. The number of amides is 1. The summed E-state index contributed by atoms with van der Waals surface area (Å²) in [5, 5.41) is 2.77. The number of nitrogens with zero attached hydrogens (tertiary/aromatic N) is 1. The molecule has 1 N–H and O–H groups in total. The predicted molar refractivity (Wildman–Crippen MR) is 84.1 cm³/mol. The monoisotopic (exact) mass is 314 g/mol. The number of benzene rings is 1. The van der Waals surface area contributed by atoms with Crippen molar-refractivity contribution >= 4 is 11.9 Å². The van der Waals surface area contributed by atoms with Gasteiger partial charge in [-0.2, -0.15) is 0 Å². The number of pyridine rings is 1. The van der Waals surface area contributed by atoms with Crippen molar-refractivity contribution < 1.29 is 19.1 Å². The SMILES string of the molecule is COC(=O)c1ccnc(CNC(=O)Cc2ccccc2OC)c1. The van der Waals surface area contributed by atoms with Crippen molar-refractivity contribution in [3.8, 4) is 5.75 Å². The lowest BCUT2D eigenvalue weighted by Crippen LogP contribution is -2.25. The lowest BCUT2D eigenvalue weighted by Gasteiger charge is -2.09. The summed E-state index contributed by atoms with van der Waals surface area (Å²) in [4.78, 5) is 27.6. The lowest BCUT2D eigenvalue weighted by atomic mass is 10.1. The molecular formula is C17H18N2O4. The van der Waals surface area contributed by atoms with Crippen LogP contribution in [-0.2, 0) is 22.5 Å². The molecule has 0 radical (unpaired) electrons. The fraction of sp³-hybridized carbons (Fsp3) is 0.235. The molecule has 0 saturated heterocycles. The zero-order valence-corrected chi connectivity index (χ0v) is 13.0. The Labute approximate surface area is 134 Å². The molecule has 0 spiro atoms. The molecule has 0 bridgehead atoms. The van der Waals surface area contributed by atoms with Gasteiger partial charge in [0.1, 0.15) is 5.75 Å². The van der Waals surface area contributed by atoms with Crippen LogP contribution in [-0.4, -0.2) is 31.1 Å². The van der Waals surface area contributed by atoms with Gasteiger partial charge >= 0.3 is 5.97 Å². The number of nitrogens with one attached hydrogen (secondary N) is 1. The molecule has 120 valence electrons. The van der Waals surface area contributed by atoms with Crippen LogP contribution in [0.15, 0.2) is 42.6 Å². The molecular weight excluding hydrogens is 296 g/mol. The normalized spacial score (nSPS) is 10.0. The average Bonchev–Trinajstić information content (AvgIpc) is 2.60. The molecule has 1 heterocycles. The minimum Gasteiger partial charge on any atom is -0.496 e. The Kier molecular flexibility index (Phi) is 5.68. The van der Waals surface area contributed by atoms with Gasteiger partial charge in [0.25, 0.3) is 0 Å². The minimum atomic E-state index is -0.436. The Morgan fingerprint density at radius 3 is 2.70 bits per heavy atom. The molecule has 6 heteroatoms. The predicted octanol–water partition coefficient (Wildman–Crippen LogP) is 1.74. The lowest BCUT2D eigenvalue weighted by molar-refractivity contribution is -0.120. The molecule has 0 aliphatic rings. The summed E-state index contributed by atoms with van der Waals surface area (Å²) < 4.78 is 9.87. The summed E-state index contributed by atoms with van der Waals surface area (Å²) >= 11 is 0. The van der Waals surface area contributed by atoms with Gasteiger partial charge in [-0.1, -0.05) is 18.2 Å². The zero-order valence-electron chi connectivity index (χ0n) is 13.0. The van der Waals surface area contributed by atoms with Crippen LogP contribution in [0.2, 0.25) is 0 Å². The summed E-state index contributed by atoms with van der Waals surface area (Å²) in [5.74, 6) is 0.0854. The van der Waals surface area contributed by atoms with Crippen molar-refractivity contribution in [3.05, 3.63) is 59.4 Å². The highest BCUT2D eigenvalue weighted by Crippen LogP contribution is 2.17. The maximum atomic E-state index is 12.0. The number of aromatic nitrogens is 1. The maximum Gasteiger partial charge on any atom is 0.337 e. The van der Waals surface area contributed by atoms with Crippen molar-refractivity contribution in [2.24, 2.45) is 0 Å². The topological polar surface area (TPSA) is 77.5 Å². The van der Waals surface area contributed by atoms with E-state index in [4.69, 9.17) is 4.74 Å². The van der Waals surface area contributed by atoms with Gasteiger partial charge < -0.3 is 14.8 Å². The summed E-state index contributed by atoms with van der Waals surface area (Å²) in [7, 11) is 2.89. The maximum absolute atomic E-state index is 12.0. The Bertz CT molecular complexity index is 700. The standard InChI is InChI=1S/C17H18N2O4/c1-22-15-6-4-3-5-12(15)10-16(20)19-11-14-9-13(7-8-18-14)17(21)23-2/h3-9H,10-11H2,1-2H3,(H,19,20). The molecule has 0 atom stereocenters. The average molecular weight is 314 g/mol. The van der Waals surface area contributed by atoms with E-state index in [-0.39, 0.29) is 18.9 Å². The Morgan fingerprint density at radius 2 is 1.96 bits per heavy atom. The highest BCUT2D eigenvalue weighted by Gasteiger charge is 2.10. The third-order valence-corrected chi connectivity index (χ3v) is 3.25. The fourth-order valence-corrected chi connectivity index (χ4v) is 2.09. The molecule has 1 aromatic carbocycles. The second-order valence-electron chi connectivity index (χ2n) is 4.79. The summed E-state index contributed by atoms with van der Waals surface area (Å²) in [6.07, 6.45) is 1.72. The summed E-state index contributed by atoms with van der Waals surface area (Å²) in [6.45, 7) is 0.235. The van der Waals surface area contributed by atoms with Gasteiger partial charge in [-0.05, 0) is 18.2 Å². The van der Waals surface area contributed by atoms with Gasteiger partial charge in [-0.25, -0.2) is 4.79 Å². The third-order valence-electron chi connectivity index (χ3n) is 3.25. The zero-order chi connectivity index (χ0) is 16.7. The first-order valence-electron chi connectivity index (χ1n) is 7.06. The van der Waals surface area contributed by atoms with Gasteiger partial charge in [0.05, 0.1) is 38.4 Å². The number of esters is 1. The van der Waals surface area contributed by atoms with E-state index in [0.29, 0.717) is 17.0 Å². The molecule has 0 unspecified atom stereocenters. The molecule has 0 aliphatic carbocycles. The van der Waals surface area contributed by atoms with Crippen LogP contribution in [0.3, 0.4) is 0 Å². The van der Waals surface area contributed by atoms with Gasteiger partial charge in [0.2, 0.25) is 5.91 Å². The quantitative estimate of drug-likeness (QED) is 0.822. The largest absolute Gasteiger partial charge is 0.496 e. The molecule has 6 nitrogen and oxygen atoms in total. The number of carbonyl (C=O) groups is 2. The molecule has 23 heavy (non-hydrogen) atoms. The smallest absolute Gasteiger partial charge is 0.337 e. The minimum absolute atomic E-state index is 0.153. The van der Waals surface area contributed by atoms with Crippen molar-refractivity contribution in [2.75, 3.05) is 14.2 Å². The molecule has 1 aromatic heterocycles. The van der Waals surface area contributed by atoms with E-state index >= 15 is 0 Å². The van der Waals surface area contributed by atoms with Crippen LogP contribution in [0, 0.1) is 0 Å². The second kappa shape index (κ2) is 7.93. The van der Waals surface area contributed by atoms with Crippen molar-refractivity contribution in [1.29, 1.82) is 0 Å². The highest BCUT2D eigenvalue weighted by atomic mass is 16.5. The van der Waals surface area contributed by atoms with Gasteiger partial charge in [-0.3, -0.25) is 9.78 Å². The third kappa shape index (κ3) is 4.54. The molecule has 2 rings (SSSR count). The summed E-state index contributed by atoms with van der Waals surface area (Å²) in [6, 6.07) is 10.5. The van der Waals surface area contributed by atoms with E-state index in [0.717, 1.165) is 5.56 Å². The highest BCUT2D eigenvalue weighted by molar-refractivity contribution is 5.89. The summed E-state index contributed by atoms with van der Waals surface area (Å²) in [5.41, 5.74) is 1.79. The molecule has 0 fully saturated rings. The Hall–Kier alpha value is -2.89. The van der Waals surface area contributed by atoms with E-state index in [1.807, 2.05) is 24.3 Å². The van der Waals surface area contributed by atoms with E-state index in [2.05, 4.69) is 15.0 Å². The van der Waals surface area contributed by atoms with Gasteiger partial charge in [0.15, 0.2) is 0 Å². The number of para-hydroxylation sites is 1. The first-order valence-corrected chi connectivity index (χ1v) is 7.06. The van der Waals surface area contributed by atoms with Crippen LogP contribution in [0.5, 0.6) is 5.75 Å². The number of hydrogen-bond acceptors (Lipinski definition) is 5. The van der Waals surface area contributed by atoms with Crippen LogP contribution in [0.25, 0.3) is 0 Å². The van der Waals surface area contributed by atoms with E-state index in [9.17, 15) is 9.59 Å². The van der Waals surface area contributed by atoms with Crippen molar-refractivity contribution in [1.82, 2.24) is 10.3 Å². The molecule has 0 saturated carbocycles. The second-order valence-corrected chi connectivity index (χ2v) is 4.79. The van der Waals surface area contributed by atoms with E-state index in [1.165, 1.54) is 13.3 Å². The van der Waals surface area contributed by atoms with Gasteiger partial charge in [0, 0.05) is 11.8 Å². The van der Waals surface area contributed by atoms with Crippen LogP contribution in [0.1, 0.15) is 21.6 Å². The van der Waals surface area contributed by atoms with Gasteiger partial charge in [-0.15, -0.1) is 0 Å². The number of ether oxygens (including phenoxy) is 2. The number of methoxy groups -OCH3 is 2.